The third-order valence-electron chi connectivity index (χ3n) is 5.74. The SMILES string of the molecule is CN(C)CC=CC(=O)Nc1ccc(C(=O)N[C@@H]2CC[C@H](Nc3ncc(Cl)c(-c4cc[nH]n4)n3)C2)cc1. The Morgan fingerprint density at radius 1 is 1.17 bits per heavy atom. The number of nitrogens with one attached hydrogen (secondary N) is 4. The molecule has 0 saturated heterocycles. The van der Waals surface area contributed by atoms with Gasteiger partial charge in [0.15, 0.2) is 0 Å². The number of anilines is 2. The van der Waals surface area contributed by atoms with E-state index >= 15 is 0 Å². The molecule has 3 aromatic rings. The highest BCUT2D eigenvalue weighted by atomic mass is 35.5. The molecule has 0 spiro atoms. The molecule has 11 heteroatoms. The maximum Gasteiger partial charge on any atom is 0.251 e. The van der Waals surface area contributed by atoms with Crippen molar-refractivity contribution in [1.29, 1.82) is 0 Å². The minimum absolute atomic E-state index is 0.0364. The summed E-state index contributed by atoms with van der Waals surface area (Å²) in [5.74, 6) is 0.122. The van der Waals surface area contributed by atoms with Crippen LogP contribution >= 0.6 is 11.6 Å². The fraction of sp³-hybridized carbons (Fsp3) is 0.320. The fourth-order valence-corrected chi connectivity index (χ4v) is 4.15. The normalized spacial score (nSPS) is 17.4. The lowest BCUT2D eigenvalue weighted by atomic mass is 10.1. The molecule has 1 aliphatic rings. The number of nitrogens with zero attached hydrogens (tertiary/aromatic N) is 4. The number of carbonyl (C=O) groups excluding carboxylic acids is 2. The van der Waals surface area contributed by atoms with Crippen LogP contribution in [0.3, 0.4) is 0 Å². The summed E-state index contributed by atoms with van der Waals surface area (Å²) < 4.78 is 0. The van der Waals surface area contributed by atoms with Gasteiger partial charge < -0.3 is 20.9 Å². The summed E-state index contributed by atoms with van der Waals surface area (Å²) in [6, 6.07) is 8.81. The van der Waals surface area contributed by atoms with Crippen molar-refractivity contribution in [3.63, 3.8) is 0 Å². The molecule has 36 heavy (non-hydrogen) atoms. The van der Waals surface area contributed by atoms with E-state index in [0.29, 0.717) is 40.2 Å². The van der Waals surface area contributed by atoms with Crippen molar-refractivity contribution in [3.8, 4) is 11.4 Å². The van der Waals surface area contributed by atoms with Crippen molar-refractivity contribution in [1.82, 2.24) is 30.4 Å². The lowest BCUT2D eigenvalue weighted by Gasteiger charge is -2.15. The highest BCUT2D eigenvalue weighted by molar-refractivity contribution is 6.32. The number of hydrogen-bond acceptors (Lipinski definition) is 7. The molecule has 188 valence electrons. The molecule has 1 saturated carbocycles. The van der Waals surface area contributed by atoms with E-state index in [1.807, 2.05) is 19.0 Å². The van der Waals surface area contributed by atoms with Crippen LogP contribution in [0.5, 0.6) is 0 Å². The minimum Gasteiger partial charge on any atom is -0.351 e. The van der Waals surface area contributed by atoms with Gasteiger partial charge in [0.1, 0.15) is 11.4 Å². The van der Waals surface area contributed by atoms with E-state index in [1.54, 1.807) is 48.8 Å². The first-order valence-electron chi connectivity index (χ1n) is 11.7. The van der Waals surface area contributed by atoms with E-state index in [9.17, 15) is 9.59 Å². The first-order valence-corrected chi connectivity index (χ1v) is 12.1. The van der Waals surface area contributed by atoms with Crippen molar-refractivity contribution in [2.45, 2.75) is 31.3 Å². The number of rotatable bonds is 9. The number of halogens is 1. The molecule has 2 atom stereocenters. The fourth-order valence-electron chi connectivity index (χ4n) is 3.96. The van der Waals surface area contributed by atoms with Crippen LogP contribution in [0.2, 0.25) is 5.02 Å². The molecule has 2 aromatic heterocycles. The predicted molar refractivity (Wildman–Crippen MR) is 140 cm³/mol. The molecular formula is C25H29ClN8O2. The lowest BCUT2D eigenvalue weighted by Crippen LogP contribution is -2.34. The predicted octanol–water partition coefficient (Wildman–Crippen LogP) is 3.34. The smallest absolute Gasteiger partial charge is 0.251 e. The van der Waals surface area contributed by atoms with Gasteiger partial charge in [-0.05, 0) is 63.7 Å². The molecule has 0 radical (unpaired) electrons. The van der Waals surface area contributed by atoms with Gasteiger partial charge in [-0.2, -0.15) is 5.10 Å². The van der Waals surface area contributed by atoms with Crippen molar-refractivity contribution in [3.05, 3.63) is 65.5 Å². The Balaban J connectivity index is 1.27. The first kappa shape index (κ1) is 25.3. The van der Waals surface area contributed by atoms with E-state index in [0.717, 1.165) is 19.3 Å². The summed E-state index contributed by atoms with van der Waals surface area (Å²) in [4.78, 5) is 35.5. The molecule has 1 aromatic carbocycles. The number of carbonyl (C=O) groups is 2. The molecule has 1 fully saturated rings. The van der Waals surface area contributed by atoms with Crippen LogP contribution in [0.15, 0.2) is 54.9 Å². The van der Waals surface area contributed by atoms with E-state index in [2.05, 4.69) is 36.1 Å². The van der Waals surface area contributed by atoms with Crippen LogP contribution in [-0.2, 0) is 4.79 Å². The van der Waals surface area contributed by atoms with Crippen molar-refractivity contribution >= 4 is 35.1 Å². The van der Waals surface area contributed by atoms with Gasteiger partial charge in [0.25, 0.3) is 5.91 Å². The Kier molecular flexibility index (Phi) is 8.29. The van der Waals surface area contributed by atoms with Gasteiger partial charge in [0.2, 0.25) is 11.9 Å². The standard InChI is InChI=1S/C25H29ClN8O2/c1-34(2)13-3-4-22(35)29-17-7-5-16(6-8-17)24(36)30-18-9-10-19(14-18)31-25-27-15-20(26)23(32-25)21-11-12-28-33-21/h3-8,11-12,15,18-19H,9-10,13-14H2,1-2H3,(H,28,33)(H,29,35)(H,30,36)(H,27,31,32)/t18-,19+/m1/s1. The first-order chi connectivity index (χ1) is 17.4. The number of H-pyrrole nitrogens is 1. The largest absolute Gasteiger partial charge is 0.351 e. The monoisotopic (exact) mass is 508 g/mol. The van der Waals surface area contributed by atoms with E-state index in [1.165, 1.54) is 6.08 Å². The van der Waals surface area contributed by atoms with E-state index in [4.69, 9.17) is 11.6 Å². The van der Waals surface area contributed by atoms with Gasteiger partial charge in [0.05, 0.1) is 11.2 Å². The summed E-state index contributed by atoms with van der Waals surface area (Å²) >= 11 is 6.23. The molecule has 2 amide bonds. The molecule has 4 rings (SSSR count). The number of likely N-dealkylation sites (N-methyl/N-ethyl adjacent to an activating group) is 1. The van der Waals surface area contributed by atoms with Crippen LogP contribution in [0, 0.1) is 0 Å². The number of amides is 2. The molecule has 2 heterocycles. The minimum atomic E-state index is -0.209. The van der Waals surface area contributed by atoms with Gasteiger partial charge >= 0.3 is 0 Å². The Hall–Kier alpha value is -3.76. The number of aromatic amines is 1. The molecule has 0 unspecified atom stereocenters. The third kappa shape index (κ3) is 6.89. The topological polar surface area (TPSA) is 128 Å². The van der Waals surface area contributed by atoms with Gasteiger partial charge in [-0.15, -0.1) is 0 Å². The Morgan fingerprint density at radius 3 is 2.67 bits per heavy atom. The van der Waals surface area contributed by atoms with Crippen LogP contribution in [-0.4, -0.2) is 69.6 Å². The summed E-state index contributed by atoms with van der Waals surface area (Å²) in [5, 5.41) is 16.5. The zero-order chi connectivity index (χ0) is 25.5. The Labute approximate surface area is 214 Å². The summed E-state index contributed by atoms with van der Waals surface area (Å²) in [6.07, 6.45) is 9.03. The third-order valence-corrected chi connectivity index (χ3v) is 6.02. The maximum atomic E-state index is 12.7. The van der Waals surface area contributed by atoms with Gasteiger partial charge in [-0.3, -0.25) is 14.7 Å². The van der Waals surface area contributed by atoms with E-state index < -0.39 is 0 Å². The summed E-state index contributed by atoms with van der Waals surface area (Å²) in [5.41, 5.74) is 2.38. The molecule has 0 aliphatic heterocycles. The van der Waals surface area contributed by atoms with Gasteiger partial charge in [-0.1, -0.05) is 17.7 Å². The zero-order valence-electron chi connectivity index (χ0n) is 20.2. The van der Waals surface area contributed by atoms with Crippen LogP contribution in [0.1, 0.15) is 29.6 Å². The molecule has 10 nitrogen and oxygen atoms in total. The summed E-state index contributed by atoms with van der Waals surface area (Å²) in [6.45, 7) is 0.683. The second kappa shape index (κ2) is 11.8. The molecule has 1 aliphatic carbocycles. The number of benzene rings is 1. The van der Waals surface area contributed by atoms with Gasteiger partial charge in [-0.25, -0.2) is 9.97 Å². The van der Waals surface area contributed by atoms with Crippen LogP contribution < -0.4 is 16.0 Å². The average molecular weight is 509 g/mol. The molecule has 0 bridgehead atoms. The van der Waals surface area contributed by atoms with Crippen molar-refractivity contribution < 1.29 is 9.59 Å². The zero-order valence-corrected chi connectivity index (χ0v) is 20.9. The Morgan fingerprint density at radius 2 is 1.94 bits per heavy atom. The van der Waals surface area contributed by atoms with E-state index in [-0.39, 0.29) is 23.9 Å². The van der Waals surface area contributed by atoms with Crippen LogP contribution in [0.25, 0.3) is 11.4 Å². The maximum absolute atomic E-state index is 12.7. The molecule has 4 N–H and O–H groups in total. The van der Waals surface area contributed by atoms with Crippen molar-refractivity contribution in [2.24, 2.45) is 0 Å². The highest BCUT2D eigenvalue weighted by Crippen LogP contribution is 2.26. The second-order valence-electron chi connectivity index (χ2n) is 8.91. The van der Waals surface area contributed by atoms with Gasteiger partial charge in [0, 0.05) is 42.2 Å². The van der Waals surface area contributed by atoms with Crippen molar-refractivity contribution in [2.75, 3.05) is 31.3 Å². The average Bonchev–Trinajstić information content (AvgIpc) is 3.53. The quantitative estimate of drug-likeness (QED) is 0.326. The number of hydrogen-bond donors (Lipinski definition) is 4. The molecular weight excluding hydrogens is 480 g/mol. The second-order valence-corrected chi connectivity index (χ2v) is 9.31. The number of aromatic nitrogens is 4. The highest BCUT2D eigenvalue weighted by Gasteiger charge is 2.27. The van der Waals surface area contributed by atoms with Crippen LogP contribution in [0.4, 0.5) is 11.6 Å². The Bertz CT molecular complexity index is 1210. The summed E-state index contributed by atoms with van der Waals surface area (Å²) in [7, 11) is 3.86. The lowest BCUT2D eigenvalue weighted by molar-refractivity contribution is -0.111.